The van der Waals surface area contributed by atoms with Gasteiger partial charge < -0.3 is 9.84 Å². The minimum atomic E-state index is 0.00662. The van der Waals surface area contributed by atoms with Crippen molar-refractivity contribution in [3.63, 3.8) is 0 Å². The molecule has 0 saturated carbocycles. The maximum absolute atomic E-state index is 8.85. The maximum atomic E-state index is 8.85. The lowest BCUT2D eigenvalue weighted by molar-refractivity contribution is 0.267. The fourth-order valence-corrected chi connectivity index (χ4v) is 0.871. The zero-order valence-electron chi connectivity index (χ0n) is 6.50. The van der Waals surface area contributed by atoms with Gasteiger partial charge in [0.2, 0.25) is 0 Å². The molecule has 0 unspecified atom stereocenters. The molecule has 11 heavy (non-hydrogen) atoms. The van der Waals surface area contributed by atoms with Crippen LogP contribution in [0.5, 0.6) is 5.75 Å². The second kappa shape index (κ2) is 3.98. The molecule has 0 atom stereocenters. The molecular weight excluding hydrogens is 140 g/mol. The van der Waals surface area contributed by atoms with E-state index < -0.39 is 0 Å². The van der Waals surface area contributed by atoms with Crippen LogP contribution >= 0.6 is 0 Å². The van der Waals surface area contributed by atoms with Crippen LogP contribution < -0.4 is 4.74 Å². The molecule has 59 valence electrons. The van der Waals surface area contributed by atoms with Crippen molar-refractivity contribution < 1.29 is 9.84 Å². The minimum absolute atomic E-state index is 0.00662. The number of aliphatic hydroxyl groups excluding tert-OH is 1. The SMILES string of the molecule is CCOc1cc[c]cc1CO. The van der Waals surface area contributed by atoms with Gasteiger partial charge in [0.05, 0.1) is 13.2 Å². The second-order valence-electron chi connectivity index (χ2n) is 2.12. The van der Waals surface area contributed by atoms with Gasteiger partial charge in [-0.3, -0.25) is 0 Å². The van der Waals surface area contributed by atoms with E-state index in [0.717, 1.165) is 11.3 Å². The standard InChI is InChI=1S/C9H11O2/c1-2-11-9-6-4-3-5-8(9)7-10/h4-6,10H,2,7H2,1H3. The van der Waals surface area contributed by atoms with E-state index in [-0.39, 0.29) is 6.61 Å². The lowest BCUT2D eigenvalue weighted by Gasteiger charge is -2.06. The van der Waals surface area contributed by atoms with Crippen LogP contribution in [-0.2, 0) is 6.61 Å². The van der Waals surface area contributed by atoms with Crippen LogP contribution in [0.3, 0.4) is 0 Å². The first-order valence-corrected chi connectivity index (χ1v) is 3.61. The van der Waals surface area contributed by atoms with Crippen molar-refractivity contribution in [2.75, 3.05) is 6.61 Å². The summed E-state index contributed by atoms with van der Waals surface area (Å²) >= 11 is 0. The van der Waals surface area contributed by atoms with Gasteiger partial charge in [-0.1, -0.05) is 6.07 Å². The highest BCUT2D eigenvalue weighted by Crippen LogP contribution is 2.16. The zero-order chi connectivity index (χ0) is 8.10. The number of benzene rings is 1. The van der Waals surface area contributed by atoms with E-state index >= 15 is 0 Å². The van der Waals surface area contributed by atoms with Gasteiger partial charge in [0.1, 0.15) is 5.75 Å². The molecule has 0 aliphatic carbocycles. The largest absolute Gasteiger partial charge is 0.494 e. The van der Waals surface area contributed by atoms with Crippen LogP contribution in [0.25, 0.3) is 0 Å². The zero-order valence-corrected chi connectivity index (χ0v) is 6.50. The monoisotopic (exact) mass is 151 g/mol. The van der Waals surface area contributed by atoms with Gasteiger partial charge >= 0.3 is 0 Å². The topological polar surface area (TPSA) is 29.5 Å². The molecule has 0 bridgehead atoms. The highest BCUT2D eigenvalue weighted by Gasteiger charge is 1.98. The first-order chi connectivity index (χ1) is 5.38. The lowest BCUT2D eigenvalue weighted by Crippen LogP contribution is -1.95. The molecule has 0 amide bonds. The Morgan fingerprint density at radius 3 is 3.09 bits per heavy atom. The van der Waals surface area contributed by atoms with Crippen LogP contribution in [-0.4, -0.2) is 11.7 Å². The predicted octanol–water partition coefficient (Wildman–Crippen LogP) is 1.38. The first kappa shape index (κ1) is 8.08. The fourth-order valence-electron chi connectivity index (χ4n) is 0.871. The van der Waals surface area contributed by atoms with E-state index in [1.807, 2.05) is 6.92 Å². The van der Waals surface area contributed by atoms with Gasteiger partial charge in [-0.15, -0.1) is 0 Å². The van der Waals surface area contributed by atoms with Crippen molar-refractivity contribution in [1.29, 1.82) is 0 Å². The average Bonchev–Trinajstić information content (AvgIpc) is 2.06. The molecular formula is C9H11O2. The highest BCUT2D eigenvalue weighted by atomic mass is 16.5. The van der Waals surface area contributed by atoms with Gasteiger partial charge in [-0.2, -0.15) is 0 Å². The summed E-state index contributed by atoms with van der Waals surface area (Å²) in [7, 11) is 0. The highest BCUT2D eigenvalue weighted by molar-refractivity contribution is 5.31. The van der Waals surface area contributed by atoms with Crippen LogP contribution in [0.2, 0.25) is 0 Å². The third-order valence-electron chi connectivity index (χ3n) is 1.38. The summed E-state index contributed by atoms with van der Waals surface area (Å²) in [5, 5.41) is 8.85. The normalized spacial score (nSPS) is 9.64. The summed E-state index contributed by atoms with van der Waals surface area (Å²) in [5.74, 6) is 0.744. The number of hydrogen-bond donors (Lipinski definition) is 1. The van der Waals surface area contributed by atoms with Crippen LogP contribution in [0.1, 0.15) is 12.5 Å². The van der Waals surface area contributed by atoms with E-state index in [0.29, 0.717) is 6.61 Å². The van der Waals surface area contributed by atoms with Gasteiger partial charge in [0.25, 0.3) is 0 Å². The van der Waals surface area contributed by atoms with Crippen molar-refractivity contribution in [2.24, 2.45) is 0 Å². The molecule has 2 heteroatoms. The van der Waals surface area contributed by atoms with Gasteiger partial charge in [-0.25, -0.2) is 0 Å². The summed E-state index contributed by atoms with van der Waals surface area (Å²) in [5.41, 5.74) is 0.786. The second-order valence-corrected chi connectivity index (χ2v) is 2.12. The van der Waals surface area contributed by atoms with Crippen molar-refractivity contribution in [2.45, 2.75) is 13.5 Å². The number of hydrogen-bond acceptors (Lipinski definition) is 2. The minimum Gasteiger partial charge on any atom is -0.494 e. The van der Waals surface area contributed by atoms with Crippen molar-refractivity contribution in [1.82, 2.24) is 0 Å². The van der Waals surface area contributed by atoms with Gasteiger partial charge in [-0.05, 0) is 25.1 Å². The van der Waals surface area contributed by atoms with E-state index in [1.165, 1.54) is 0 Å². The Morgan fingerprint density at radius 1 is 1.64 bits per heavy atom. The van der Waals surface area contributed by atoms with Crippen molar-refractivity contribution >= 4 is 0 Å². The van der Waals surface area contributed by atoms with Crippen LogP contribution in [0.4, 0.5) is 0 Å². The summed E-state index contributed by atoms with van der Waals surface area (Å²) in [6.45, 7) is 2.54. The Kier molecular flexibility index (Phi) is 2.93. The van der Waals surface area contributed by atoms with Crippen molar-refractivity contribution in [3.8, 4) is 5.75 Å². The quantitative estimate of drug-likeness (QED) is 0.707. The van der Waals surface area contributed by atoms with Crippen LogP contribution in [0, 0.1) is 6.07 Å². The van der Waals surface area contributed by atoms with Crippen molar-refractivity contribution in [3.05, 3.63) is 29.8 Å². The van der Waals surface area contributed by atoms with E-state index in [1.54, 1.807) is 18.2 Å². The van der Waals surface area contributed by atoms with E-state index in [9.17, 15) is 0 Å². The van der Waals surface area contributed by atoms with Gasteiger partial charge in [0, 0.05) is 5.56 Å². The lowest BCUT2D eigenvalue weighted by atomic mass is 10.2. The summed E-state index contributed by atoms with van der Waals surface area (Å²) in [4.78, 5) is 0. The molecule has 2 nitrogen and oxygen atoms in total. The molecule has 0 aliphatic heterocycles. The summed E-state index contributed by atoms with van der Waals surface area (Å²) in [6.07, 6.45) is 0. The molecule has 1 aromatic carbocycles. The maximum Gasteiger partial charge on any atom is 0.124 e. The smallest absolute Gasteiger partial charge is 0.124 e. The third-order valence-corrected chi connectivity index (χ3v) is 1.38. The number of rotatable bonds is 3. The molecule has 0 fully saturated rings. The Morgan fingerprint density at radius 2 is 2.45 bits per heavy atom. The Hall–Kier alpha value is -1.02. The Labute approximate surface area is 66.4 Å². The number of aliphatic hydroxyl groups is 1. The van der Waals surface area contributed by atoms with E-state index in [2.05, 4.69) is 6.07 Å². The molecule has 0 spiro atoms. The Balaban J connectivity index is 2.83. The molecule has 0 aromatic heterocycles. The van der Waals surface area contributed by atoms with Gasteiger partial charge in [0.15, 0.2) is 0 Å². The predicted molar refractivity (Wildman–Crippen MR) is 42.4 cm³/mol. The molecule has 0 saturated heterocycles. The first-order valence-electron chi connectivity index (χ1n) is 3.61. The number of ether oxygens (including phenoxy) is 1. The average molecular weight is 151 g/mol. The molecule has 1 rings (SSSR count). The third kappa shape index (κ3) is 1.95. The summed E-state index contributed by atoms with van der Waals surface area (Å²) < 4.78 is 5.25. The molecule has 0 aliphatic rings. The molecule has 1 aromatic rings. The summed E-state index contributed by atoms with van der Waals surface area (Å²) in [6, 6.07) is 8.17. The molecule has 1 N–H and O–H groups in total. The fraction of sp³-hybridized carbons (Fsp3) is 0.333. The molecule has 0 heterocycles. The molecule has 1 radical (unpaired) electrons. The Bertz CT molecular complexity index is 221. The van der Waals surface area contributed by atoms with E-state index in [4.69, 9.17) is 9.84 Å². The van der Waals surface area contributed by atoms with Crippen LogP contribution in [0.15, 0.2) is 18.2 Å².